The highest BCUT2D eigenvalue weighted by atomic mass is 16.4. The summed E-state index contributed by atoms with van der Waals surface area (Å²) in [6, 6.07) is 0. The Morgan fingerprint density at radius 3 is 2.23 bits per heavy atom. The number of aliphatic hydroxyl groups excluding tert-OH is 1. The summed E-state index contributed by atoms with van der Waals surface area (Å²) in [5.74, 6) is -1.05. The first-order chi connectivity index (χ1) is 5.85. The van der Waals surface area contributed by atoms with Gasteiger partial charge in [0.1, 0.15) is 0 Å². The number of hydrogen-bond donors (Lipinski definition) is 2. The minimum Gasteiger partial charge on any atom is -0.481 e. The molecule has 3 nitrogen and oxygen atoms in total. The van der Waals surface area contributed by atoms with E-state index in [0.717, 1.165) is 6.42 Å². The van der Waals surface area contributed by atoms with Gasteiger partial charge in [0, 0.05) is 6.61 Å². The van der Waals surface area contributed by atoms with E-state index in [-0.39, 0.29) is 23.4 Å². The summed E-state index contributed by atoms with van der Waals surface area (Å²) in [7, 11) is 0. The van der Waals surface area contributed by atoms with Crippen LogP contribution in [0.4, 0.5) is 0 Å². The predicted octanol–water partition coefficient (Wildman–Crippen LogP) is 1.51. The Kier molecular flexibility index (Phi) is 2.41. The van der Waals surface area contributed by atoms with Gasteiger partial charge in [-0.25, -0.2) is 0 Å². The second-order valence-electron chi connectivity index (χ2n) is 4.87. The fraction of sp³-hybridized carbons (Fsp3) is 0.900. The Labute approximate surface area is 78.8 Å². The van der Waals surface area contributed by atoms with Crippen molar-refractivity contribution in [3.8, 4) is 0 Å². The van der Waals surface area contributed by atoms with Gasteiger partial charge >= 0.3 is 5.97 Å². The van der Waals surface area contributed by atoms with Crippen molar-refractivity contribution in [2.24, 2.45) is 16.7 Å². The van der Waals surface area contributed by atoms with Crippen molar-refractivity contribution >= 4 is 5.97 Å². The largest absolute Gasteiger partial charge is 0.481 e. The molecule has 0 spiro atoms. The highest BCUT2D eigenvalue weighted by Crippen LogP contribution is 2.55. The first-order valence-corrected chi connectivity index (χ1v) is 4.69. The van der Waals surface area contributed by atoms with Crippen LogP contribution in [0.3, 0.4) is 0 Å². The SMILES string of the molecule is CC1(C)[C@@H](C(=O)O)CC[C@@]1(C)CO. The Hall–Kier alpha value is -0.570. The molecule has 0 aromatic heterocycles. The lowest BCUT2D eigenvalue weighted by molar-refractivity contribution is -0.146. The maximum absolute atomic E-state index is 10.9. The first-order valence-electron chi connectivity index (χ1n) is 4.69. The molecule has 76 valence electrons. The maximum Gasteiger partial charge on any atom is 0.307 e. The standard InChI is InChI=1S/C10H18O3/c1-9(2)7(8(12)13)4-5-10(9,3)6-11/h7,11H,4-6H2,1-3H3,(H,12,13)/t7-,10+/m1/s1. The van der Waals surface area contributed by atoms with Crippen LogP contribution in [-0.4, -0.2) is 22.8 Å². The number of carboxylic acids is 1. The molecule has 0 radical (unpaired) electrons. The Morgan fingerprint density at radius 1 is 1.46 bits per heavy atom. The highest BCUT2D eigenvalue weighted by Gasteiger charge is 2.53. The fourth-order valence-electron chi connectivity index (χ4n) is 2.28. The van der Waals surface area contributed by atoms with Crippen LogP contribution < -0.4 is 0 Å². The molecular weight excluding hydrogens is 168 g/mol. The Morgan fingerprint density at radius 2 is 2.00 bits per heavy atom. The van der Waals surface area contributed by atoms with Gasteiger partial charge in [-0.2, -0.15) is 0 Å². The molecule has 1 aliphatic carbocycles. The van der Waals surface area contributed by atoms with Crippen molar-refractivity contribution in [3.05, 3.63) is 0 Å². The van der Waals surface area contributed by atoms with E-state index < -0.39 is 5.97 Å². The quantitative estimate of drug-likeness (QED) is 0.687. The third-order valence-electron chi connectivity index (χ3n) is 4.06. The van der Waals surface area contributed by atoms with Gasteiger partial charge in [-0.3, -0.25) is 4.79 Å². The van der Waals surface area contributed by atoms with Gasteiger partial charge in [-0.05, 0) is 23.7 Å². The zero-order chi connectivity index (χ0) is 10.3. The van der Waals surface area contributed by atoms with Crippen molar-refractivity contribution in [1.29, 1.82) is 0 Å². The van der Waals surface area contributed by atoms with E-state index in [1.165, 1.54) is 0 Å². The van der Waals surface area contributed by atoms with Crippen molar-refractivity contribution in [1.82, 2.24) is 0 Å². The van der Waals surface area contributed by atoms with E-state index in [4.69, 9.17) is 5.11 Å². The minimum atomic E-state index is -0.734. The predicted molar refractivity (Wildman–Crippen MR) is 49.3 cm³/mol. The molecule has 2 atom stereocenters. The van der Waals surface area contributed by atoms with Crippen molar-refractivity contribution in [2.45, 2.75) is 33.6 Å². The lowest BCUT2D eigenvalue weighted by atomic mass is 9.66. The molecule has 1 saturated carbocycles. The lowest BCUT2D eigenvalue weighted by Crippen LogP contribution is -2.39. The van der Waals surface area contributed by atoms with Crippen molar-refractivity contribution < 1.29 is 15.0 Å². The fourth-order valence-corrected chi connectivity index (χ4v) is 2.28. The van der Waals surface area contributed by atoms with E-state index in [0.29, 0.717) is 6.42 Å². The van der Waals surface area contributed by atoms with E-state index in [1.54, 1.807) is 0 Å². The summed E-state index contributed by atoms with van der Waals surface area (Å²) >= 11 is 0. The van der Waals surface area contributed by atoms with Crippen LogP contribution in [0.1, 0.15) is 33.6 Å². The molecule has 1 fully saturated rings. The van der Waals surface area contributed by atoms with E-state index >= 15 is 0 Å². The molecule has 1 aliphatic rings. The van der Waals surface area contributed by atoms with Gasteiger partial charge in [0.15, 0.2) is 0 Å². The Balaban J connectivity index is 2.95. The second kappa shape index (κ2) is 2.98. The Bertz CT molecular complexity index is 222. The molecule has 0 amide bonds. The lowest BCUT2D eigenvalue weighted by Gasteiger charge is -2.39. The van der Waals surface area contributed by atoms with Crippen LogP contribution in [0.5, 0.6) is 0 Å². The second-order valence-corrected chi connectivity index (χ2v) is 4.87. The van der Waals surface area contributed by atoms with Crippen LogP contribution in [0.15, 0.2) is 0 Å². The normalized spacial score (nSPS) is 37.7. The molecule has 0 saturated heterocycles. The number of rotatable bonds is 2. The van der Waals surface area contributed by atoms with Crippen LogP contribution in [0.2, 0.25) is 0 Å². The molecule has 0 unspecified atom stereocenters. The van der Waals surface area contributed by atoms with E-state index in [2.05, 4.69) is 0 Å². The number of carbonyl (C=O) groups is 1. The van der Waals surface area contributed by atoms with Crippen LogP contribution in [0, 0.1) is 16.7 Å². The van der Waals surface area contributed by atoms with Gasteiger partial charge < -0.3 is 10.2 Å². The van der Waals surface area contributed by atoms with E-state index in [9.17, 15) is 9.90 Å². The van der Waals surface area contributed by atoms with Gasteiger partial charge in [0.05, 0.1) is 5.92 Å². The molecule has 2 N–H and O–H groups in total. The first kappa shape index (κ1) is 10.5. The van der Waals surface area contributed by atoms with Crippen LogP contribution in [-0.2, 0) is 4.79 Å². The summed E-state index contributed by atoms with van der Waals surface area (Å²) in [6.45, 7) is 5.92. The third-order valence-corrected chi connectivity index (χ3v) is 4.06. The molecule has 3 heteroatoms. The topological polar surface area (TPSA) is 57.5 Å². The zero-order valence-electron chi connectivity index (χ0n) is 8.50. The monoisotopic (exact) mass is 186 g/mol. The molecule has 1 rings (SSSR count). The van der Waals surface area contributed by atoms with Crippen molar-refractivity contribution in [3.63, 3.8) is 0 Å². The maximum atomic E-state index is 10.9. The average Bonchev–Trinajstić information content (AvgIpc) is 2.24. The van der Waals surface area contributed by atoms with E-state index in [1.807, 2.05) is 20.8 Å². The summed E-state index contributed by atoms with van der Waals surface area (Å²) in [5, 5.41) is 18.3. The average molecular weight is 186 g/mol. The van der Waals surface area contributed by atoms with Gasteiger partial charge in [-0.1, -0.05) is 20.8 Å². The number of aliphatic hydroxyl groups is 1. The van der Waals surface area contributed by atoms with Gasteiger partial charge in [0.2, 0.25) is 0 Å². The summed E-state index contributed by atoms with van der Waals surface area (Å²) < 4.78 is 0. The minimum absolute atomic E-state index is 0.0732. The van der Waals surface area contributed by atoms with Crippen molar-refractivity contribution in [2.75, 3.05) is 6.61 Å². The third kappa shape index (κ3) is 1.35. The molecule has 0 aliphatic heterocycles. The molecule has 13 heavy (non-hydrogen) atoms. The zero-order valence-corrected chi connectivity index (χ0v) is 8.50. The molecule has 0 heterocycles. The number of carboxylic acid groups (broad SMARTS) is 1. The summed E-state index contributed by atoms with van der Waals surface area (Å²) in [4.78, 5) is 10.9. The smallest absolute Gasteiger partial charge is 0.307 e. The molecular formula is C10H18O3. The van der Waals surface area contributed by atoms with Crippen LogP contribution >= 0.6 is 0 Å². The molecule has 0 aromatic rings. The highest BCUT2D eigenvalue weighted by molar-refractivity contribution is 5.71. The van der Waals surface area contributed by atoms with Crippen LogP contribution in [0.25, 0.3) is 0 Å². The number of aliphatic carboxylic acids is 1. The summed E-state index contributed by atoms with van der Waals surface area (Å²) in [5.41, 5.74) is -0.552. The van der Waals surface area contributed by atoms with Gasteiger partial charge in [-0.15, -0.1) is 0 Å². The summed E-state index contributed by atoms with van der Waals surface area (Å²) in [6.07, 6.45) is 1.48. The van der Waals surface area contributed by atoms with Gasteiger partial charge in [0.25, 0.3) is 0 Å². The molecule has 0 aromatic carbocycles. The number of hydrogen-bond acceptors (Lipinski definition) is 2. The molecule has 0 bridgehead atoms.